The molecule has 0 aliphatic heterocycles. The summed E-state index contributed by atoms with van der Waals surface area (Å²) in [7, 11) is 0. The van der Waals surface area contributed by atoms with Gasteiger partial charge in [-0.05, 0) is 13.8 Å². The molecule has 0 saturated heterocycles. The van der Waals surface area contributed by atoms with Gasteiger partial charge in [0.25, 0.3) is 0 Å². The Hall–Kier alpha value is 0.0500. The molecule has 0 radical (unpaired) electrons. The maximum absolute atomic E-state index is 9.80. The zero-order chi connectivity index (χ0) is 5.86. The molecular weight excluding hydrogens is 151 g/mol. The van der Waals surface area contributed by atoms with Gasteiger partial charge in [0.2, 0.25) is 0 Å². The summed E-state index contributed by atoms with van der Waals surface area (Å²) in [6, 6.07) is 0. The summed E-state index contributed by atoms with van der Waals surface area (Å²) >= 11 is 4.81. The van der Waals surface area contributed by atoms with Gasteiger partial charge < -0.3 is 4.74 Å². The van der Waals surface area contributed by atoms with Gasteiger partial charge in [-0.3, -0.25) is 0 Å². The lowest BCUT2D eigenvalue weighted by Crippen LogP contribution is -2.03. The summed E-state index contributed by atoms with van der Waals surface area (Å²) in [5, 5.41) is 0. The zero-order valence-corrected chi connectivity index (χ0v) is 6.25. The van der Waals surface area contributed by atoms with Crippen LogP contribution in [0.2, 0.25) is 0 Å². The van der Waals surface area contributed by atoms with E-state index in [9.17, 15) is 4.79 Å². The number of rotatable bonds is 1. The average Bonchev–Trinajstić information content (AvgIpc) is 1.27. The van der Waals surface area contributed by atoms with Crippen LogP contribution in [-0.4, -0.2) is 11.5 Å². The van der Waals surface area contributed by atoms with Gasteiger partial charge in [0.05, 0.1) is 6.10 Å². The van der Waals surface area contributed by atoms with Crippen molar-refractivity contribution in [2.24, 2.45) is 0 Å². The first-order chi connectivity index (χ1) is 3.13. The maximum atomic E-state index is 9.80. The first kappa shape index (κ1) is 10.9. The molecule has 0 heterocycles. The van der Waals surface area contributed by atoms with Crippen molar-refractivity contribution in [2.45, 2.75) is 20.0 Å². The quantitative estimate of drug-likeness (QED) is 0.548. The van der Waals surface area contributed by atoms with E-state index >= 15 is 0 Å². The maximum Gasteiger partial charge on any atom is 0.404 e. The fraction of sp³-hybridized carbons (Fsp3) is 0.750. The lowest BCUT2D eigenvalue weighted by Gasteiger charge is -2.00. The van der Waals surface area contributed by atoms with Crippen molar-refractivity contribution in [3.8, 4) is 0 Å². The van der Waals surface area contributed by atoms with Crippen LogP contribution in [0.25, 0.3) is 0 Å². The Morgan fingerprint density at radius 2 is 2.00 bits per heavy atom. The van der Waals surface area contributed by atoms with Gasteiger partial charge in [-0.25, -0.2) is 4.79 Å². The molecule has 0 rings (SSSR count). The van der Waals surface area contributed by atoms with Crippen molar-refractivity contribution in [3.63, 3.8) is 0 Å². The minimum atomic E-state index is -0.741. The van der Waals surface area contributed by atoms with Crippen molar-refractivity contribution in [1.82, 2.24) is 0 Å². The average molecular weight is 159 g/mol. The topological polar surface area (TPSA) is 26.3 Å². The normalized spacial score (nSPS) is 8.00. The molecule has 0 unspecified atom stereocenters. The fourth-order valence-electron chi connectivity index (χ4n) is 0.185. The Morgan fingerprint density at radius 3 is 2.00 bits per heavy atom. The SMILES string of the molecule is CC(C)OC(=O)Cl.Cl. The minimum Gasteiger partial charge on any atom is -0.451 e. The van der Waals surface area contributed by atoms with Gasteiger partial charge in [-0.1, -0.05) is 0 Å². The second kappa shape index (κ2) is 5.19. The molecule has 0 aromatic heterocycles. The smallest absolute Gasteiger partial charge is 0.404 e. The van der Waals surface area contributed by atoms with Gasteiger partial charge in [0.15, 0.2) is 0 Å². The molecule has 0 atom stereocenters. The van der Waals surface area contributed by atoms with Crippen LogP contribution in [0.1, 0.15) is 13.8 Å². The van der Waals surface area contributed by atoms with E-state index in [1.54, 1.807) is 13.8 Å². The van der Waals surface area contributed by atoms with Crippen LogP contribution in [0.15, 0.2) is 0 Å². The molecule has 0 spiro atoms. The molecular formula is C4H8Cl2O2. The standard InChI is InChI=1S/C4H7ClO2.ClH/c1-3(2)7-4(5)6;/h3H,1-2H3;1H. The van der Waals surface area contributed by atoms with E-state index in [4.69, 9.17) is 11.6 Å². The van der Waals surface area contributed by atoms with Crippen LogP contribution in [0.4, 0.5) is 4.79 Å². The van der Waals surface area contributed by atoms with Gasteiger partial charge >= 0.3 is 5.43 Å². The van der Waals surface area contributed by atoms with Crippen molar-refractivity contribution in [3.05, 3.63) is 0 Å². The largest absolute Gasteiger partial charge is 0.451 e. The van der Waals surface area contributed by atoms with Crippen molar-refractivity contribution >= 4 is 29.4 Å². The number of carbonyl (C=O) groups is 1. The van der Waals surface area contributed by atoms with Crippen molar-refractivity contribution < 1.29 is 9.53 Å². The molecule has 0 aromatic rings. The Bertz CT molecular complexity index is 72.4. The predicted molar refractivity (Wildman–Crippen MR) is 34.7 cm³/mol. The van der Waals surface area contributed by atoms with E-state index in [1.165, 1.54) is 0 Å². The first-order valence-corrected chi connectivity index (χ1v) is 2.37. The van der Waals surface area contributed by atoms with Gasteiger partial charge in [0, 0.05) is 11.6 Å². The van der Waals surface area contributed by atoms with E-state index in [2.05, 4.69) is 4.74 Å². The monoisotopic (exact) mass is 158 g/mol. The highest BCUT2D eigenvalue weighted by Gasteiger charge is 1.96. The van der Waals surface area contributed by atoms with E-state index < -0.39 is 5.43 Å². The molecule has 0 amide bonds. The Labute approximate surface area is 59.6 Å². The van der Waals surface area contributed by atoms with Crippen LogP contribution in [0.3, 0.4) is 0 Å². The van der Waals surface area contributed by atoms with E-state index in [0.29, 0.717) is 0 Å². The zero-order valence-electron chi connectivity index (χ0n) is 4.68. The first-order valence-electron chi connectivity index (χ1n) is 1.99. The lowest BCUT2D eigenvalue weighted by molar-refractivity contribution is 0.141. The van der Waals surface area contributed by atoms with Crippen LogP contribution in [0.5, 0.6) is 0 Å². The number of hydrogen-bond donors (Lipinski definition) is 0. The van der Waals surface area contributed by atoms with Gasteiger partial charge in [-0.15, -0.1) is 12.4 Å². The molecule has 4 heteroatoms. The third-order valence-corrected chi connectivity index (χ3v) is 0.417. The summed E-state index contributed by atoms with van der Waals surface area (Å²) in [6.07, 6.45) is -0.106. The molecule has 0 aromatic carbocycles. The predicted octanol–water partition coefficient (Wildman–Crippen LogP) is 2.19. The number of carbonyl (C=O) groups excluding carboxylic acids is 1. The molecule has 0 fully saturated rings. The highest BCUT2D eigenvalue weighted by Crippen LogP contribution is 1.92. The van der Waals surface area contributed by atoms with Crippen molar-refractivity contribution in [2.75, 3.05) is 0 Å². The van der Waals surface area contributed by atoms with E-state index in [1.807, 2.05) is 0 Å². The minimum absolute atomic E-state index is 0. The third kappa shape index (κ3) is 9.41. The summed E-state index contributed by atoms with van der Waals surface area (Å²) in [5.74, 6) is 0. The van der Waals surface area contributed by atoms with E-state index in [0.717, 1.165) is 0 Å². The molecule has 2 nitrogen and oxygen atoms in total. The third-order valence-electron chi connectivity index (χ3n) is 0.328. The number of halogens is 2. The fourth-order valence-corrected chi connectivity index (χ4v) is 0.363. The molecule has 50 valence electrons. The van der Waals surface area contributed by atoms with Gasteiger partial charge in [0.1, 0.15) is 0 Å². The summed E-state index contributed by atoms with van der Waals surface area (Å²) in [5.41, 5.74) is -0.741. The summed E-state index contributed by atoms with van der Waals surface area (Å²) in [6.45, 7) is 3.47. The van der Waals surface area contributed by atoms with E-state index in [-0.39, 0.29) is 18.5 Å². The highest BCUT2D eigenvalue weighted by atomic mass is 35.5. The second-order valence-corrected chi connectivity index (χ2v) is 1.71. The molecule has 0 bridgehead atoms. The Morgan fingerprint density at radius 1 is 1.62 bits per heavy atom. The number of hydrogen-bond acceptors (Lipinski definition) is 2. The summed E-state index contributed by atoms with van der Waals surface area (Å²) < 4.78 is 4.38. The van der Waals surface area contributed by atoms with Crippen molar-refractivity contribution in [1.29, 1.82) is 0 Å². The molecule has 0 aliphatic carbocycles. The van der Waals surface area contributed by atoms with Crippen LogP contribution in [0, 0.1) is 0 Å². The van der Waals surface area contributed by atoms with Crippen LogP contribution in [-0.2, 0) is 4.74 Å². The van der Waals surface area contributed by atoms with Crippen LogP contribution >= 0.6 is 24.0 Å². The summed E-state index contributed by atoms with van der Waals surface area (Å²) in [4.78, 5) is 9.80. The number of ether oxygens (including phenoxy) is 1. The Kier molecular flexibility index (Phi) is 7.09. The second-order valence-electron chi connectivity index (χ2n) is 1.40. The Balaban J connectivity index is 0. The van der Waals surface area contributed by atoms with Gasteiger partial charge in [-0.2, -0.15) is 0 Å². The molecule has 8 heavy (non-hydrogen) atoms. The molecule has 0 saturated carbocycles. The highest BCUT2D eigenvalue weighted by molar-refractivity contribution is 6.61. The van der Waals surface area contributed by atoms with Crippen LogP contribution < -0.4 is 0 Å². The lowest BCUT2D eigenvalue weighted by atomic mass is 10.5. The molecule has 0 aliphatic rings. The molecule has 0 N–H and O–H groups in total.